The van der Waals surface area contributed by atoms with Crippen LogP contribution in [0.25, 0.3) is 0 Å². The smallest absolute Gasteiger partial charge is 0.244 e. The molecular formula is C12H17BrClFN2O3S. The summed E-state index contributed by atoms with van der Waals surface area (Å²) >= 11 is 3.01. The Morgan fingerprint density at radius 3 is 2.57 bits per heavy atom. The van der Waals surface area contributed by atoms with Crippen LogP contribution in [0.1, 0.15) is 12.8 Å². The number of hydrogen-bond donors (Lipinski definition) is 2. The number of nitrogens with one attached hydrogen (secondary N) is 2. The Hall–Kier alpha value is -0.410. The van der Waals surface area contributed by atoms with Crippen molar-refractivity contribution in [2.75, 3.05) is 20.2 Å². The van der Waals surface area contributed by atoms with Gasteiger partial charge in [0, 0.05) is 6.04 Å². The minimum absolute atomic E-state index is 0. The summed E-state index contributed by atoms with van der Waals surface area (Å²) in [5, 5.41) is 3.15. The van der Waals surface area contributed by atoms with Gasteiger partial charge >= 0.3 is 0 Å². The fourth-order valence-corrected chi connectivity index (χ4v) is 3.89. The van der Waals surface area contributed by atoms with E-state index in [0.717, 1.165) is 19.2 Å². The Morgan fingerprint density at radius 2 is 2.00 bits per heavy atom. The number of rotatable bonds is 4. The maximum atomic E-state index is 13.6. The molecule has 1 aromatic rings. The molecule has 0 aromatic heterocycles. The molecule has 21 heavy (non-hydrogen) atoms. The molecule has 2 rings (SSSR count). The number of hydrogen-bond acceptors (Lipinski definition) is 4. The highest BCUT2D eigenvalue weighted by molar-refractivity contribution is 9.10. The van der Waals surface area contributed by atoms with Crippen molar-refractivity contribution in [3.05, 3.63) is 22.4 Å². The van der Waals surface area contributed by atoms with E-state index in [2.05, 4.69) is 26.0 Å². The Morgan fingerprint density at radius 1 is 1.38 bits per heavy atom. The molecule has 0 bridgehead atoms. The molecule has 0 amide bonds. The summed E-state index contributed by atoms with van der Waals surface area (Å²) in [6, 6.07) is 2.14. The summed E-state index contributed by atoms with van der Waals surface area (Å²) in [6.07, 6.45) is 1.42. The van der Waals surface area contributed by atoms with Crippen LogP contribution >= 0.6 is 28.3 Å². The van der Waals surface area contributed by atoms with Gasteiger partial charge in [-0.1, -0.05) is 0 Å². The number of methoxy groups -OCH3 is 1. The number of halogens is 3. The lowest BCUT2D eigenvalue weighted by atomic mass is 10.1. The highest BCUT2D eigenvalue weighted by Crippen LogP contribution is 2.30. The molecule has 9 heteroatoms. The highest BCUT2D eigenvalue weighted by atomic mass is 79.9. The molecule has 0 saturated carbocycles. The monoisotopic (exact) mass is 402 g/mol. The maximum absolute atomic E-state index is 13.6. The second-order valence-electron chi connectivity index (χ2n) is 4.56. The Balaban J connectivity index is 0.00000220. The van der Waals surface area contributed by atoms with Gasteiger partial charge in [0.1, 0.15) is 16.5 Å². The second-order valence-corrected chi connectivity index (χ2v) is 7.10. The van der Waals surface area contributed by atoms with Crippen LogP contribution < -0.4 is 14.8 Å². The van der Waals surface area contributed by atoms with Crippen molar-refractivity contribution in [3.8, 4) is 5.75 Å². The summed E-state index contributed by atoms with van der Waals surface area (Å²) in [5.41, 5.74) is 0. The van der Waals surface area contributed by atoms with Crippen LogP contribution in [0.4, 0.5) is 4.39 Å². The van der Waals surface area contributed by atoms with E-state index in [-0.39, 0.29) is 33.6 Å². The first-order chi connectivity index (χ1) is 9.44. The first kappa shape index (κ1) is 18.6. The Bertz CT molecular complexity index is 594. The zero-order chi connectivity index (χ0) is 14.8. The van der Waals surface area contributed by atoms with Gasteiger partial charge in [-0.05, 0) is 54.0 Å². The fourth-order valence-electron chi connectivity index (χ4n) is 2.10. The van der Waals surface area contributed by atoms with E-state index in [1.807, 2.05) is 0 Å². The summed E-state index contributed by atoms with van der Waals surface area (Å²) in [7, 11) is -2.46. The van der Waals surface area contributed by atoms with Crippen molar-refractivity contribution in [1.82, 2.24) is 10.0 Å². The summed E-state index contributed by atoms with van der Waals surface area (Å²) in [6.45, 7) is 1.53. The first-order valence-electron chi connectivity index (χ1n) is 6.20. The van der Waals surface area contributed by atoms with Crippen LogP contribution in [-0.2, 0) is 10.0 Å². The van der Waals surface area contributed by atoms with Crippen LogP contribution in [0.5, 0.6) is 5.75 Å². The normalized spacial score (nSPS) is 16.3. The highest BCUT2D eigenvalue weighted by Gasteiger charge is 2.26. The van der Waals surface area contributed by atoms with Crippen LogP contribution in [0.3, 0.4) is 0 Å². The maximum Gasteiger partial charge on any atom is 0.244 e. The molecule has 0 atom stereocenters. The molecule has 0 spiro atoms. The molecule has 0 radical (unpaired) electrons. The van der Waals surface area contributed by atoms with Gasteiger partial charge in [-0.25, -0.2) is 17.5 Å². The first-order valence-corrected chi connectivity index (χ1v) is 8.48. The van der Waals surface area contributed by atoms with E-state index in [1.54, 1.807) is 0 Å². The molecule has 1 heterocycles. The number of benzene rings is 1. The van der Waals surface area contributed by atoms with Gasteiger partial charge in [-0.2, -0.15) is 0 Å². The Kier molecular flexibility index (Phi) is 6.86. The van der Waals surface area contributed by atoms with Gasteiger partial charge in [0.2, 0.25) is 10.0 Å². The van der Waals surface area contributed by atoms with Crippen molar-refractivity contribution in [2.45, 2.75) is 23.8 Å². The largest absolute Gasteiger partial charge is 0.495 e. The average Bonchev–Trinajstić information content (AvgIpc) is 2.42. The van der Waals surface area contributed by atoms with Crippen molar-refractivity contribution in [3.63, 3.8) is 0 Å². The van der Waals surface area contributed by atoms with E-state index in [9.17, 15) is 12.8 Å². The van der Waals surface area contributed by atoms with Gasteiger partial charge in [0.25, 0.3) is 0 Å². The number of piperidine rings is 1. The van der Waals surface area contributed by atoms with E-state index in [0.29, 0.717) is 12.8 Å². The standard InChI is InChI=1S/C12H16BrFN2O3S.ClH/c1-19-11-6-9(13)10(14)7-12(11)20(17,18)16-8-2-4-15-5-3-8;/h6-8,15-16H,2-5H2,1H3;1H. The molecule has 0 aliphatic carbocycles. The van der Waals surface area contributed by atoms with E-state index >= 15 is 0 Å². The van der Waals surface area contributed by atoms with Crippen LogP contribution in [0.2, 0.25) is 0 Å². The summed E-state index contributed by atoms with van der Waals surface area (Å²) in [5.74, 6) is -0.531. The second kappa shape index (κ2) is 7.73. The lowest BCUT2D eigenvalue weighted by Gasteiger charge is -2.24. The molecule has 1 aliphatic heterocycles. The molecule has 1 fully saturated rings. The van der Waals surface area contributed by atoms with E-state index < -0.39 is 15.8 Å². The molecule has 1 aromatic carbocycles. The third-order valence-corrected chi connectivity index (χ3v) is 5.31. The van der Waals surface area contributed by atoms with Crippen LogP contribution in [0.15, 0.2) is 21.5 Å². The predicted molar refractivity (Wildman–Crippen MR) is 84.1 cm³/mol. The fraction of sp³-hybridized carbons (Fsp3) is 0.500. The average molecular weight is 404 g/mol. The third-order valence-electron chi connectivity index (χ3n) is 3.16. The minimum atomic E-state index is -3.81. The van der Waals surface area contributed by atoms with Crippen LogP contribution in [0, 0.1) is 5.82 Å². The SMILES string of the molecule is COc1cc(Br)c(F)cc1S(=O)(=O)NC1CCNCC1.Cl. The number of ether oxygens (including phenoxy) is 1. The molecule has 120 valence electrons. The Labute approximate surface area is 138 Å². The van der Waals surface area contributed by atoms with E-state index in [1.165, 1.54) is 13.2 Å². The van der Waals surface area contributed by atoms with Gasteiger partial charge < -0.3 is 10.1 Å². The zero-order valence-electron chi connectivity index (χ0n) is 11.4. The molecule has 5 nitrogen and oxygen atoms in total. The van der Waals surface area contributed by atoms with Crippen LogP contribution in [-0.4, -0.2) is 34.7 Å². The summed E-state index contributed by atoms with van der Waals surface area (Å²) in [4.78, 5) is -0.181. The lowest BCUT2D eigenvalue weighted by molar-refractivity contribution is 0.397. The minimum Gasteiger partial charge on any atom is -0.495 e. The van der Waals surface area contributed by atoms with Crippen molar-refractivity contribution >= 4 is 38.4 Å². The zero-order valence-corrected chi connectivity index (χ0v) is 14.6. The molecular weight excluding hydrogens is 387 g/mol. The van der Waals surface area contributed by atoms with Crippen molar-refractivity contribution < 1.29 is 17.5 Å². The third kappa shape index (κ3) is 4.53. The molecule has 2 N–H and O–H groups in total. The van der Waals surface area contributed by atoms with Gasteiger partial charge in [-0.3, -0.25) is 0 Å². The topological polar surface area (TPSA) is 67.4 Å². The molecule has 1 aliphatic rings. The van der Waals surface area contributed by atoms with Gasteiger partial charge in [0.05, 0.1) is 11.6 Å². The van der Waals surface area contributed by atoms with Gasteiger partial charge in [-0.15, -0.1) is 12.4 Å². The van der Waals surface area contributed by atoms with Crippen molar-refractivity contribution in [1.29, 1.82) is 0 Å². The lowest BCUT2D eigenvalue weighted by Crippen LogP contribution is -2.42. The quantitative estimate of drug-likeness (QED) is 0.807. The van der Waals surface area contributed by atoms with E-state index in [4.69, 9.17) is 4.74 Å². The summed E-state index contributed by atoms with van der Waals surface area (Å²) < 4.78 is 46.1. The molecule has 1 saturated heterocycles. The molecule has 0 unspecified atom stereocenters. The number of sulfonamides is 1. The van der Waals surface area contributed by atoms with Gasteiger partial charge in [0.15, 0.2) is 0 Å². The van der Waals surface area contributed by atoms with Crippen molar-refractivity contribution in [2.24, 2.45) is 0 Å². The predicted octanol–water partition coefficient (Wildman–Crippen LogP) is 2.05.